The molecular weight excluding hydrogens is 1110 g/mol. The van der Waals surface area contributed by atoms with Gasteiger partial charge >= 0.3 is 0 Å². The van der Waals surface area contributed by atoms with Crippen LogP contribution in [0.4, 0.5) is 16.0 Å². The zero-order valence-electron chi connectivity index (χ0n) is 43.1. The third-order valence-electron chi connectivity index (χ3n) is 12.8. The second-order valence-corrected chi connectivity index (χ2v) is 21.9. The normalized spacial score (nSPS) is 19.0. The number of hydrogen-bond acceptors (Lipinski definition) is 23. The third kappa shape index (κ3) is 12.3. The van der Waals surface area contributed by atoms with E-state index >= 15 is 0 Å². The van der Waals surface area contributed by atoms with Crippen LogP contribution >= 0.6 is 46.2 Å². The summed E-state index contributed by atoms with van der Waals surface area (Å²) in [5.74, 6) is -6.04. The molecule has 8 heterocycles. The van der Waals surface area contributed by atoms with Gasteiger partial charge in [0.2, 0.25) is 11.8 Å². The molecule has 0 bridgehead atoms. The van der Waals surface area contributed by atoms with E-state index in [1.165, 1.54) is 53.4 Å². The van der Waals surface area contributed by atoms with Gasteiger partial charge in [-0.15, -0.1) is 46.2 Å². The van der Waals surface area contributed by atoms with Crippen molar-refractivity contribution in [2.24, 2.45) is 10.3 Å². The maximum Gasteiger partial charge on any atom is 0.276 e. The van der Waals surface area contributed by atoms with E-state index in [2.05, 4.69) is 30.9 Å². The van der Waals surface area contributed by atoms with Gasteiger partial charge in [-0.1, -0.05) is 10.3 Å². The number of likely N-dealkylation sites (N-methyl/N-ethyl adjacent to an activating group) is 3. The number of nitrogens with two attached hydrogens (primary N) is 2. The van der Waals surface area contributed by atoms with Crippen LogP contribution in [-0.4, -0.2) is 170 Å². The van der Waals surface area contributed by atoms with Crippen LogP contribution in [0.3, 0.4) is 0 Å². The second-order valence-electron chi connectivity index (χ2n) is 17.9. The number of thiazole rings is 2. The number of β-lactam (4-membered cyclic amide) rings is 2. The van der Waals surface area contributed by atoms with E-state index in [1.807, 2.05) is 6.92 Å². The molecule has 4 atom stereocenters. The van der Waals surface area contributed by atoms with Crippen molar-refractivity contribution in [3.63, 3.8) is 0 Å². The zero-order valence-corrected chi connectivity index (χ0v) is 46.3. The summed E-state index contributed by atoms with van der Waals surface area (Å²) in [6, 6.07) is 4.90. The molecule has 6 N–H and O–H groups in total. The minimum absolute atomic E-state index is 0.0363. The number of amides is 6. The van der Waals surface area contributed by atoms with Crippen LogP contribution in [0.1, 0.15) is 30.8 Å². The lowest BCUT2D eigenvalue weighted by molar-refractivity contribution is -0.689. The van der Waals surface area contributed by atoms with Gasteiger partial charge in [-0.2, -0.15) is 4.57 Å². The van der Waals surface area contributed by atoms with Gasteiger partial charge in [0.05, 0.1) is 36.4 Å². The number of carboxylic acids is 2. The van der Waals surface area contributed by atoms with Gasteiger partial charge in [-0.3, -0.25) is 43.5 Å². The standard InChI is InChI=1S/C48H53N15O12S4/c1-6-60(15-25-10-13-58(14-11-25)16-26-21-76-43-35(41(68)62(43)37(26)45(70)71)53-39(66)33(55-74-4)29-23-78-47(49)51-29)31(64)19-57(3)20-32(65)61(7-2)28-9-8-12-59(18-28)17-27-22-77-44-36(42(69)63(44)38(27)46(72)73)54-40(67)34(56-75-5)30-24-79-48(50)52-30/h8-14,18,23-24,35-36,43-44H,6-7,15-17,19-22H2,1-5H3,(H6-2,49,50,51,52,53,54,66,67,70,71,72,73)/b55-33-,56-34+. The number of aliphatic carboxylic acids is 2. The third-order valence-corrected chi connectivity index (χ3v) is 16.8. The maximum absolute atomic E-state index is 13.8. The van der Waals surface area contributed by atoms with E-state index in [0.29, 0.717) is 23.4 Å². The van der Waals surface area contributed by atoms with E-state index in [4.69, 9.17) is 21.1 Å². The fraction of sp³-hybridized carbons (Fsp3) is 0.375. The number of carboxylic acid groups (broad SMARTS) is 2. The highest BCUT2D eigenvalue weighted by Gasteiger charge is 2.55. The Balaban J connectivity index is 0.838. The van der Waals surface area contributed by atoms with Crippen molar-refractivity contribution >= 4 is 121 Å². The Kier molecular flexibility index (Phi) is 17.9. The quantitative estimate of drug-likeness (QED) is 0.0243. The molecule has 4 unspecified atom stereocenters. The van der Waals surface area contributed by atoms with Crippen LogP contribution in [0, 0.1) is 0 Å². The molecule has 0 radical (unpaired) electrons. The molecule has 8 rings (SSSR count). The Bertz CT molecular complexity index is 3220. The number of fused-ring (bicyclic) bond motifs is 2. The molecule has 4 aromatic rings. The number of carbonyl (C=O) groups is 8. The number of nitrogens with zero attached hydrogens (tertiary/aromatic N) is 11. The Morgan fingerprint density at radius 3 is 1.68 bits per heavy atom. The summed E-state index contributed by atoms with van der Waals surface area (Å²) in [4.78, 5) is 130. The first-order valence-electron chi connectivity index (χ1n) is 24.1. The minimum atomic E-state index is -1.56. The van der Waals surface area contributed by atoms with E-state index in [9.17, 15) is 48.6 Å². The summed E-state index contributed by atoms with van der Waals surface area (Å²) in [5.41, 5.74) is 12.8. The molecule has 79 heavy (non-hydrogen) atoms. The molecule has 2 fully saturated rings. The monoisotopic (exact) mass is 1160 g/mol. The first-order chi connectivity index (χ1) is 37.8. The van der Waals surface area contributed by atoms with Gasteiger partial charge in [-0.25, -0.2) is 14.5 Å². The Morgan fingerprint density at radius 1 is 0.747 bits per heavy atom. The highest BCUT2D eigenvalue weighted by Crippen LogP contribution is 2.41. The lowest BCUT2D eigenvalue weighted by atomic mass is 10.0. The van der Waals surface area contributed by atoms with Crippen LogP contribution in [0.2, 0.25) is 0 Å². The molecule has 4 aromatic heterocycles. The molecule has 4 aliphatic rings. The predicted molar refractivity (Wildman–Crippen MR) is 284 cm³/mol. The van der Waals surface area contributed by atoms with Crippen molar-refractivity contribution in [2.45, 2.75) is 56.3 Å². The van der Waals surface area contributed by atoms with Gasteiger partial charge in [0.25, 0.3) is 23.6 Å². The van der Waals surface area contributed by atoms with Crippen molar-refractivity contribution in [1.29, 1.82) is 0 Å². The fourth-order valence-electron chi connectivity index (χ4n) is 9.10. The highest BCUT2D eigenvalue weighted by molar-refractivity contribution is 8.00. The van der Waals surface area contributed by atoms with Crippen LogP contribution in [0.5, 0.6) is 0 Å². The van der Waals surface area contributed by atoms with Crippen molar-refractivity contribution in [3.8, 4) is 0 Å². The lowest BCUT2D eigenvalue weighted by Gasteiger charge is -2.50. The number of aromatic nitrogens is 4. The number of carbonyl (C=O) groups excluding carboxylic acids is 8. The summed E-state index contributed by atoms with van der Waals surface area (Å²) in [6.07, 6.45) is 6.85. The number of hydrogen-bond donors (Lipinski definition) is 4. The average molecular weight is 1160 g/mol. The molecule has 6 amide bonds. The maximum atomic E-state index is 13.8. The average Bonchev–Trinajstić information content (AvgIpc) is 4.24. The van der Waals surface area contributed by atoms with Crippen molar-refractivity contribution in [3.05, 3.63) is 99.3 Å². The Morgan fingerprint density at radius 2 is 1.24 bits per heavy atom. The fourth-order valence-corrected chi connectivity index (χ4v) is 12.9. The topological polar surface area (TPSA) is 352 Å². The van der Waals surface area contributed by atoms with Crippen molar-refractivity contribution < 1.29 is 67.4 Å². The number of anilines is 3. The second kappa shape index (κ2) is 24.8. The summed E-state index contributed by atoms with van der Waals surface area (Å²) in [5, 5.41) is 39.7. The molecule has 0 saturated carbocycles. The van der Waals surface area contributed by atoms with Crippen molar-refractivity contribution in [2.75, 3.05) is 75.3 Å². The minimum Gasteiger partial charge on any atom is -0.543 e. The Labute approximate surface area is 467 Å². The molecule has 0 aromatic carbocycles. The molecule has 0 aliphatic carbocycles. The SMILES string of the molecule is CCN(Cc1cc[n+](CC2=C(C(=O)[O-])N3C(=O)C(NC(=O)/C(=N\OC)c4csc(N)n4)C3SC2)cc1)C(=O)CN(C)CC(=O)N(CC)c1ccc[n+](CC2=C(C(=O)[O-])N3C(=O)C(NC(=O)/C(=N/OC)c4csc(N)n4)C3SC2)c1. The largest absolute Gasteiger partial charge is 0.543 e. The zero-order chi connectivity index (χ0) is 56.8. The van der Waals surface area contributed by atoms with Gasteiger partial charge < -0.3 is 61.4 Å². The van der Waals surface area contributed by atoms with E-state index in [0.717, 1.165) is 38.0 Å². The molecule has 416 valence electrons. The van der Waals surface area contributed by atoms with E-state index in [1.54, 1.807) is 82.0 Å². The summed E-state index contributed by atoms with van der Waals surface area (Å²) < 4.78 is 3.43. The lowest BCUT2D eigenvalue weighted by Crippen LogP contribution is -2.71. The van der Waals surface area contributed by atoms with Gasteiger partial charge in [0.15, 0.2) is 59.6 Å². The molecule has 4 aliphatic heterocycles. The number of thioether (sulfide) groups is 2. The molecule has 2 saturated heterocycles. The van der Waals surface area contributed by atoms with E-state index < -0.39 is 58.4 Å². The molecule has 27 nitrogen and oxygen atoms in total. The number of nitrogens with one attached hydrogen (secondary N) is 2. The molecule has 31 heteroatoms. The van der Waals surface area contributed by atoms with Crippen LogP contribution < -0.4 is 46.3 Å². The number of nitrogen functional groups attached to an aromatic ring is 2. The van der Waals surface area contributed by atoms with Gasteiger partial charge in [0.1, 0.15) is 54.1 Å². The van der Waals surface area contributed by atoms with Crippen LogP contribution in [-0.2, 0) is 67.7 Å². The summed E-state index contributed by atoms with van der Waals surface area (Å²) in [6.45, 7) is 4.45. The van der Waals surface area contributed by atoms with Crippen LogP contribution in [0.25, 0.3) is 0 Å². The predicted octanol–water partition coefficient (Wildman–Crippen LogP) is -3.42. The molecular formula is C48H53N15O12S4. The summed E-state index contributed by atoms with van der Waals surface area (Å²) >= 11 is 4.72. The number of oxime groups is 2. The van der Waals surface area contributed by atoms with Gasteiger partial charge in [0, 0.05) is 71.2 Å². The Hall–Kier alpha value is -8.00. The van der Waals surface area contributed by atoms with E-state index in [-0.39, 0.29) is 107 Å². The smallest absolute Gasteiger partial charge is 0.276 e. The van der Waals surface area contributed by atoms with Crippen molar-refractivity contribution in [1.82, 2.24) is 40.2 Å². The van der Waals surface area contributed by atoms with Crippen LogP contribution in [0.15, 0.2) is 92.7 Å². The van der Waals surface area contributed by atoms with Gasteiger partial charge in [-0.05, 0) is 32.5 Å². The first-order valence-corrected chi connectivity index (χ1v) is 28.0. The first kappa shape index (κ1) is 57.2. The number of rotatable bonds is 23. The molecule has 0 spiro atoms. The highest BCUT2D eigenvalue weighted by atomic mass is 32.2. The summed E-state index contributed by atoms with van der Waals surface area (Å²) in [7, 11) is 4.15. The number of pyridine rings is 2.